The van der Waals surface area contributed by atoms with E-state index in [1.165, 1.54) is 17.7 Å². The second-order valence-corrected chi connectivity index (χ2v) is 6.60. The second kappa shape index (κ2) is 6.25. The van der Waals surface area contributed by atoms with Gasteiger partial charge < -0.3 is 9.88 Å². The van der Waals surface area contributed by atoms with Crippen molar-refractivity contribution < 1.29 is 4.79 Å². The fourth-order valence-corrected chi connectivity index (χ4v) is 3.53. The van der Waals surface area contributed by atoms with Crippen molar-refractivity contribution in [1.82, 2.24) is 25.5 Å². The average molecular weight is 336 g/mol. The fourth-order valence-electron chi connectivity index (χ4n) is 3.53. The van der Waals surface area contributed by atoms with Crippen LogP contribution in [0.4, 0.5) is 0 Å². The summed E-state index contributed by atoms with van der Waals surface area (Å²) in [4.78, 5) is 17.9. The molecular weight excluding hydrogens is 316 g/mol. The van der Waals surface area contributed by atoms with Gasteiger partial charge in [-0.3, -0.25) is 4.79 Å². The van der Waals surface area contributed by atoms with E-state index in [9.17, 15) is 4.79 Å². The van der Waals surface area contributed by atoms with Crippen molar-refractivity contribution >= 4 is 17.7 Å². The van der Waals surface area contributed by atoms with E-state index in [2.05, 4.69) is 50.8 Å². The molecule has 4 rings (SSSR count). The molecule has 0 saturated heterocycles. The minimum atomic E-state index is -0.225. The zero-order chi connectivity index (χ0) is 17.4. The fraction of sp³-hybridized carbons (Fsp3) is 0.333. The Morgan fingerprint density at radius 3 is 3.00 bits per heavy atom. The quantitative estimate of drug-likeness (QED) is 0.835. The lowest BCUT2D eigenvalue weighted by atomic mass is 9.92. The second-order valence-electron chi connectivity index (χ2n) is 6.60. The first-order valence-electron chi connectivity index (χ1n) is 8.40. The molecular formula is C18H20N6O. The van der Waals surface area contributed by atoms with Crippen LogP contribution >= 0.6 is 0 Å². The Morgan fingerprint density at radius 1 is 1.36 bits per heavy atom. The number of carbonyl (C=O) groups is 1. The number of fused-ring (bicyclic) bond motifs is 1. The van der Waals surface area contributed by atoms with Crippen LogP contribution in [0.25, 0.3) is 6.08 Å². The van der Waals surface area contributed by atoms with Gasteiger partial charge in [-0.25, -0.2) is 5.43 Å². The maximum atomic E-state index is 12.2. The summed E-state index contributed by atoms with van der Waals surface area (Å²) in [6, 6.07) is 6.13. The number of amides is 1. The summed E-state index contributed by atoms with van der Waals surface area (Å²) in [5.41, 5.74) is 7.62. The minimum absolute atomic E-state index is 0.225. The zero-order valence-electron chi connectivity index (χ0n) is 14.3. The number of aromatic nitrogens is 3. The largest absolute Gasteiger partial charge is 0.359 e. The number of carbonyl (C=O) groups excluding carboxylic acids is 1. The van der Waals surface area contributed by atoms with Gasteiger partial charge >= 0.3 is 0 Å². The predicted molar refractivity (Wildman–Crippen MR) is 94.8 cm³/mol. The molecule has 2 aromatic heterocycles. The first-order chi connectivity index (χ1) is 12.1. The van der Waals surface area contributed by atoms with Crippen LogP contribution < -0.4 is 5.43 Å². The van der Waals surface area contributed by atoms with E-state index in [-0.39, 0.29) is 5.91 Å². The number of hydrogen-bond acceptors (Lipinski definition) is 5. The average Bonchev–Trinajstić information content (AvgIpc) is 3.19. The minimum Gasteiger partial charge on any atom is -0.359 e. The standard InChI is InChI=1S/C18H20N6O/c1-24(2)16-7-3-5-14-12(16)9-11(20-14)10-13-17(22-23-18(13)25)15-6-4-8-19-21-15/h4,6,8-10,16,20H,3,5,7H2,1-2H3,(H,23,25). The summed E-state index contributed by atoms with van der Waals surface area (Å²) in [6.07, 6.45) is 6.80. The number of hydrogen-bond donors (Lipinski definition) is 2. The summed E-state index contributed by atoms with van der Waals surface area (Å²) in [7, 11) is 4.21. The molecule has 1 aliphatic carbocycles. The van der Waals surface area contributed by atoms with Crippen molar-refractivity contribution in [3.63, 3.8) is 0 Å². The van der Waals surface area contributed by atoms with Crippen LogP contribution in [0, 0.1) is 0 Å². The van der Waals surface area contributed by atoms with Crippen molar-refractivity contribution in [2.45, 2.75) is 25.3 Å². The van der Waals surface area contributed by atoms with Gasteiger partial charge in [-0.05, 0) is 63.2 Å². The van der Waals surface area contributed by atoms with E-state index in [0.29, 0.717) is 23.0 Å². The maximum Gasteiger partial charge on any atom is 0.273 e. The van der Waals surface area contributed by atoms with Crippen LogP contribution in [0.15, 0.2) is 35.1 Å². The van der Waals surface area contributed by atoms with Gasteiger partial charge in [0, 0.05) is 23.6 Å². The molecule has 7 heteroatoms. The molecule has 7 nitrogen and oxygen atoms in total. The Bertz CT molecular complexity index is 865. The van der Waals surface area contributed by atoms with Crippen LogP contribution in [-0.4, -0.2) is 45.8 Å². The van der Waals surface area contributed by atoms with E-state index < -0.39 is 0 Å². The molecule has 1 aliphatic heterocycles. The van der Waals surface area contributed by atoms with Gasteiger partial charge in [0.15, 0.2) is 0 Å². The Hall–Kier alpha value is -2.80. The molecule has 1 atom stereocenters. The van der Waals surface area contributed by atoms with E-state index in [1.54, 1.807) is 18.3 Å². The molecule has 1 unspecified atom stereocenters. The number of H-pyrrole nitrogens is 1. The third-order valence-corrected chi connectivity index (χ3v) is 4.73. The predicted octanol–water partition coefficient (Wildman–Crippen LogP) is 1.66. The topological polar surface area (TPSA) is 86.3 Å². The highest BCUT2D eigenvalue weighted by Gasteiger charge is 2.27. The van der Waals surface area contributed by atoms with E-state index in [0.717, 1.165) is 18.5 Å². The summed E-state index contributed by atoms with van der Waals surface area (Å²) in [6.45, 7) is 0. The summed E-state index contributed by atoms with van der Waals surface area (Å²) in [5.74, 6) is -0.225. The van der Waals surface area contributed by atoms with Crippen molar-refractivity contribution in [2.24, 2.45) is 5.10 Å². The van der Waals surface area contributed by atoms with Crippen LogP contribution in [0.2, 0.25) is 0 Å². The molecule has 128 valence electrons. The van der Waals surface area contributed by atoms with Crippen molar-refractivity contribution in [3.8, 4) is 0 Å². The van der Waals surface area contributed by atoms with Crippen LogP contribution in [-0.2, 0) is 11.2 Å². The smallest absolute Gasteiger partial charge is 0.273 e. The molecule has 2 aliphatic rings. The number of nitrogens with one attached hydrogen (secondary N) is 2. The molecule has 0 bridgehead atoms. The van der Waals surface area contributed by atoms with E-state index >= 15 is 0 Å². The zero-order valence-corrected chi connectivity index (χ0v) is 14.3. The number of aryl methyl sites for hydroxylation is 1. The molecule has 3 heterocycles. The Balaban J connectivity index is 1.71. The molecule has 0 fully saturated rings. The Morgan fingerprint density at radius 2 is 2.24 bits per heavy atom. The van der Waals surface area contributed by atoms with Gasteiger partial charge in [0.05, 0.1) is 5.57 Å². The number of hydrazone groups is 1. The Kier molecular flexibility index (Phi) is 3.93. The molecule has 0 aromatic carbocycles. The van der Waals surface area contributed by atoms with Crippen LogP contribution in [0.3, 0.4) is 0 Å². The lowest BCUT2D eigenvalue weighted by Crippen LogP contribution is -2.23. The summed E-state index contributed by atoms with van der Waals surface area (Å²) in [5, 5.41) is 12.0. The monoisotopic (exact) mass is 336 g/mol. The molecule has 2 N–H and O–H groups in total. The highest BCUT2D eigenvalue weighted by molar-refractivity contribution is 6.32. The van der Waals surface area contributed by atoms with Gasteiger partial charge in [-0.2, -0.15) is 10.2 Å². The molecule has 0 radical (unpaired) electrons. The number of rotatable bonds is 3. The first-order valence-corrected chi connectivity index (χ1v) is 8.40. The van der Waals surface area contributed by atoms with E-state index in [1.807, 2.05) is 6.08 Å². The lowest BCUT2D eigenvalue weighted by Gasteiger charge is -2.28. The molecule has 25 heavy (non-hydrogen) atoms. The third kappa shape index (κ3) is 2.87. The van der Waals surface area contributed by atoms with Crippen LogP contribution in [0.1, 0.15) is 41.5 Å². The maximum absolute atomic E-state index is 12.2. The van der Waals surface area contributed by atoms with Crippen molar-refractivity contribution in [3.05, 3.63) is 52.6 Å². The van der Waals surface area contributed by atoms with Gasteiger partial charge in [-0.1, -0.05) is 0 Å². The summed E-state index contributed by atoms with van der Waals surface area (Å²) >= 11 is 0. The highest BCUT2D eigenvalue weighted by Crippen LogP contribution is 2.34. The van der Waals surface area contributed by atoms with Gasteiger partial charge in [0.2, 0.25) is 0 Å². The molecule has 1 amide bonds. The third-order valence-electron chi connectivity index (χ3n) is 4.73. The molecule has 0 spiro atoms. The lowest BCUT2D eigenvalue weighted by molar-refractivity contribution is -0.116. The van der Waals surface area contributed by atoms with Crippen LogP contribution in [0.5, 0.6) is 0 Å². The van der Waals surface area contributed by atoms with Gasteiger partial charge in [0.25, 0.3) is 5.91 Å². The van der Waals surface area contributed by atoms with Gasteiger partial charge in [0.1, 0.15) is 11.4 Å². The number of aromatic amines is 1. The SMILES string of the molecule is CN(C)C1CCCc2[nH]c(C=C3C(=O)NN=C3c3cccnn3)cc21. The molecule has 2 aromatic rings. The highest BCUT2D eigenvalue weighted by atomic mass is 16.2. The first kappa shape index (κ1) is 15.7. The normalized spacial score (nSPS) is 21.4. The molecule has 0 saturated carbocycles. The van der Waals surface area contributed by atoms with E-state index in [4.69, 9.17) is 0 Å². The Labute approximate surface area is 145 Å². The van der Waals surface area contributed by atoms with Gasteiger partial charge in [-0.15, -0.1) is 5.10 Å². The number of nitrogens with zero attached hydrogens (tertiary/aromatic N) is 4. The summed E-state index contributed by atoms with van der Waals surface area (Å²) < 4.78 is 0. The van der Waals surface area contributed by atoms with Crippen molar-refractivity contribution in [2.75, 3.05) is 14.1 Å². The van der Waals surface area contributed by atoms with Crippen molar-refractivity contribution in [1.29, 1.82) is 0 Å².